The normalized spacial score (nSPS) is 10.3. The first-order valence-corrected chi connectivity index (χ1v) is 4.97. The molecule has 4 heteroatoms. The van der Waals surface area contributed by atoms with Crippen LogP contribution in [0.15, 0.2) is 30.7 Å². The lowest BCUT2D eigenvalue weighted by Crippen LogP contribution is -2.03. The Morgan fingerprint density at radius 1 is 1.50 bits per heavy atom. The summed E-state index contributed by atoms with van der Waals surface area (Å²) in [5.74, 6) is -0.885. The van der Waals surface area contributed by atoms with E-state index in [1.54, 1.807) is 24.7 Å². The molecule has 4 nitrogen and oxygen atoms in total. The van der Waals surface area contributed by atoms with Crippen LogP contribution in [0.25, 0.3) is 0 Å². The van der Waals surface area contributed by atoms with Crippen molar-refractivity contribution < 1.29 is 9.90 Å². The smallest absolute Gasteiger partial charge is 0.335 e. The molecule has 82 valence electrons. The fraction of sp³-hybridized carbons (Fsp3) is 0.167. The fourth-order valence-electron chi connectivity index (χ4n) is 1.69. The molecule has 1 aromatic carbocycles. The third-order valence-corrected chi connectivity index (χ3v) is 2.61. The summed E-state index contributed by atoms with van der Waals surface area (Å²) in [6.07, 6.45) is 4.03. The standard InChI is InChI=1S/C12H12N2O2/c1-8-9(5-10-6-13-7-14-10)3-2-4-11(8)12(15)16/h2-4,6-7H,5H2,1H3,(H,13,14)(H,15,16). The number of H-pyrrole nitrogens is 1. The summed E-state index contributed by atoms with van der Waals surface area (Å²) in [5.41, 5.74) is 3.15. The maximum absolute atomic E-state index is 11.0. The Morgan fingerprint density at radius 3 is 2.94 bits per heavy atom. The number of imidazole rings is 1. The second-order valence-corrected chi connectivity index (χ2v) is 3.65. The predicted octanol–water partition coefficient (Wildman–Crippen LogP) is 2.01. The Labute approximate surface area is 93.0 Å². The molecule has 0 bridgehead atoms. The van der Waals surface area contributed by atoms with E-state index in [-0.39, 0.29) is 0 Å². The molecule has 0 spiro atoms. The van der Waals surface area contributed by atoms with Crippen molar-refractivity contribution in [3.63, 3.8) is 0 Å². The topological polar surface area (TPSA) is 66.0 Å². The molecule has 1 heterocycles. The molecule has 0 aliphatic rings. The van der Waals surface area contributed by atoms with Gasteiger partial charge < -0.3 is 10.1 Å². The summed E-state index contributed by atoms with van der Waals surface area (Å²) in [5, 5.41) is 9.00. The maximum Gasteiger partial charge on any atom is 0.335 e. The van der Waals surface area contributed by atoms with E-state index in [0.717, 1.165) is 16.8 Å². The second-order valence-electron chi connectivity index (χ2n) is 3.65. The van der Waals surface area contributed by atoms with Gasteiger partial charge in [-0.15, -0.1) is 0 Å². The van der Waals surface area contributed by atoms with Gasteiger partial charge in [0, 0.05) is 18.3 Å². The number of aromatic nitrogens is 2. The van der Waals surface area contributed by atoms with Crippen LogP contribution in [-0.2, 0) is 6.42 Å². The molecule has 1 aromatic heterocycles. The van der Waals surface area contributed by atoms with Gasteiger partial charge in [0.25, 0.3) is 0 Å². The van der Waals surface area contributed by atoms with Crippen LogP contribution < -0.4 is 0 Å². The Kier molecular flexibility index (Phi) is 2.72. The SMILES string of the molecule is Cc1c(Cc2cnc[nH]2)cccc1C(=O)O. The van der Waals surface area contributed by atoms with Crippen molar-refractivity contribution in [1.82, 2.24) is 9.97 Å². The van der Waals surface area contributed by atoms with Gasteiger partial charge in [-0.25, -0.2) is 9.78 Å². The molecule has 0 fully saturated rings. The van der Waals surface area contributed by atoms with E-state index in [1.807, 2.05) is 13.0 Å². The van der Waals surface area contributed by atoms with Crippen LogP contribution in [0, 0.1) is 6.92 Å². The third kappa shape index (κ3) is 1.95. The zero-order valence-corrected chi connectivity index (χ0v) is 8.90. The predicted molar refractivity (Wildman–Crippen MR) is 59.5 cm³/mol. The molecule has 0 saturated carbocycles. The number of carbonyl (C=O) groups is 1. The summed E-state index contributed by atoms with van der Waals surface area (Å²) in [6.45, 7) is 1.83. The lowest BCUT2D eigenvalue weighted by atomic mass is 9.99. The summed E-state index contributed by atoms with van der Waals surface area (Å²) in [6, 6.07) is 5.32. The summed E-state index contributed by atoms with van der Waals surface area (Å²) in [4.78, 5) is 17.9. The Balaban J connectivity index is 2.35. The highest BCUT2D eigenvalue weighted by Gasteiger charge is 2.10. The quantitative estimate of drug-likeness (QED) is 0.824. The first-order valence-electron chi connectivity index (χ1n) is 4.97. The van der Waals surface area contributed by atoms with Gasteiger partial charge in [0.2, 0.25) is 0 Å². The largest absolute Gasteiger partial charge is 0.478 e. The molecule has 0 radical (unpaired) electrons. The summed E-state index contributed by atoms with van der Waals surface area (Å²) >= 11 is 0. The van der Waals surface area contributed by atoms with Gasteiger partial charge in [0.15, 0.2) is 0 Å². The highest BCUT2D eigenvalue weighted by molar-refractivity contribution is 5.89. The zero-order chi connectivity index (χ0) is 11.5. The Hall–Kier alpha value is -2.10. The van der Waals surface area contributed by atoms with Crippen molar-refractivity contribution >= 4 is 5.97 Å². The lowest BCUT2D eigenvalue weighted by Gasteiger charge is -2.07. The first-order chi connectivity index (χ1) is 7.68. The first kappa shape index (κ1) is 10.4. The number of nitrogens with zero attached hydrogens (tertiary/aromatic N) is 1. The van der Waals surface area contributed by atoms with Crippen LogP contribution in [0.1, 0.15) is 27.2 Å². The van der Waals surface area contributed by atoms with E-state index in [0.29, 0.717) is 12.0 Å². The average molecular weight is 216 g/mol. The van der Waals surface area contributed by atoms with Crippen molar-refractivity contribution in [2.24, 2.45) is 0 Å². The van der Waals surface area contributed by atoms with E-state index < -0.39 is 5.97 Å². The molecular weight excluding hydrogens is 204 g/mol. The van der Waals surface area contributed by atoms with Gasteiger partial charge in [-0.05, 0) is 24.1 Å². The van der Waals surface area contributed by atoms with Gasteiger partial charge in [-0.1, -0.05) is 12.1 Å². The van der Waals surface area contributed by atoms with E-state index in [4.69, 9.17) is 5.11 Å². The van der Waals surface area contributed by atoms with E-state index >= 15 is 0 Å². The minimum Gasteiger partial charge on any atom is -0.478 e. The number of aromatic amines is 1. The van der Waals surface area contributed by atoms with Gasteiger partial charge in [0.1, 0.15) is 0 Å². The minimum atomic E-state index is -0.885. The van der Waals surface area contributed by atoms with Crippen LogP contribution in [0.3, 0.4) is 0 Å². The van der Waals surface area contributed by atoms with Gasteiger partial charge in [-0.2, -0.15) is 0 Å². The maximum atomic E-state index is 11.0. The highest BCUT2D eigenvalue weighted by Crippen LogP contribution is 2.16. The number of hydrogen-bond donors (Lipinski definition) is 2. The summed E-state index contributed by atoms with van der Waals surface area (Å²) < 4.78 is 0. The molecule has 2 N–H and O–H groups in total. The minimum absolute atomic E-state index is 0.358. The molecular formula is C12H12N2O2. The van der Waals surface area contributed by atoms with E-state index in [1.165, 1.54) is 0 Å². The lowest BCUT2D eigenvalue weighted by molar-refractivity contribution is 0.0696. The van der Waals surface area contributed by atoms with E-state index in [9.17, 15) is 4.79 Å². The van der Waals surface area contributed by atoms with Crippen molar-refractivity contribution in [2.75, 3.05) is 0 Å². The van der Waals surface area contributed by atoms with Gasteiger partial charge in [0.05, 0.1) is 11.9 Å². The van der Waals surface area contributed by atoms with Crippen LogP contribution in [0.2, 0.25) is 0 Å². The van der Waals surface area contributed by atoms with Crippen LogP contribution in [0.4, 0.5) is 0 Å². The molecule has 0 unspecified atom stereocenters. The van der Waals surface area contributed by atoms with Crippen LogP contribution in [0.5, 0.6) is 0 Å². The molecule has 2 rings (SSSR count). The van der Waals surface area contributed by atoms with E-state index in [2.05, 4.69) is 9.97 Å². The second kappa shape index (κ2) is 4.18. The zero-order valence-electron chi connectivity index (χ0n) is 8.90. The molecule has 0 amide bonds. The Morgan fingerprint density at radius 2 is 2.31 bits per heavy atom. The number of rotatable bonds is 3. The molecule has 16 heavy (non-hydrogen) atoms. The molecule has 2 aromatic rings. The number of hydrogen-bond acceptors (Lipinski definition) is 2. The molecule has 0 atom stereocenters. The van der Waals surface area contributed by atoms with Crippen LogP contribution >= 0.6 is 0 Å². The number of aromatic carboxylic acids is 1. The van der Waals surface area contributed by atoms with Crippen molar-refractivity contribution in [2.45, 2.75) is 13.3 Å². The average Bonchev–Trinajstić information content (AvgIpc) is 2.73. The number of nitrogens with one attached hydrogen (secondary N) is 1. The highest BCUT2D eigenvalue weighted by atomic mass is 16.4. The fourth-order valence-corrected chi connectivity index (χ4v) is 1.69. The summed E-state index contributed by atoms with van der Waals surface area (Å²) in [7, 11) is 0. The molecule has 0 aliphatic heterocycles. The Bertz CT molecular complexity index is 504. The molecule has 0 aliphatic carbocycles. The van der Waals surface area contributed by atoms with Crippen molar-refractivity contribution in [3.8, 4) is 0 Å². The monoisotopic (exact) mass is 216 g/mol. The number of carboxylic acids is 1. The molecule has 0 saturated heterocycles. The van der Waals surface area contributed by atoms with Gasteiger partial charge >= 0.3 is 5.97 Å². The third-order valence-electron chi connectivity index (χ3n) is 2.61. The van der Waals surface area contributed by atoms with Gasteiger partial charge in [-0.3, -0.25) is 0 Å². The van der Waals surface area contributed by atoms with Crippen molar-refractivity contribution in [1.29, 1.82) is 0 Å². The van der Waals surface area contributed by atoms with Crippen LogP contribution in [-0.4, -0.2) is 21.0 Å². The number of benzene rings is 1. The van der Waals surface area contributed by atoms with Crippen molar-refractivity contribution in [3.05, 3.63) is 53.1 Å². The number of carboxylic acid groups (broad SMARTS) is 1.